The maximum Gasteiger partial charge on any atom is 0.323 e. The normalized spacial score (nSPS) is 10.8. The molecule has 0 radical (unpaired) electrons. The van der Waals surface area contributed by atoms with Crippen molar-refractivity contribution in [2.75, 3.05) is 13.2 Å². The van der Waals surface area contributed by atoms with Crippen molar-refractivity contribution in [1.29, 1.82) is 0 Å². The quantitative estimate of drug-likeness (QED) is 0.155. The summed E-state index contributed by atoms with van der Waals surface area (Å²) in [6, 6.07) is 0. The third kappa shape index (κ3) is 10.4. The molecule has 0 aromatic carbocycles. The van der Waals surface area contributed by atoms with Gasteiger partial charge in [0, 0.05) is 12.8 Å². The number of rotatable bonds is 15. The molecule has 0 aromatic heterocycles. The minimum Gasteiger partial charge on any atom is -0.465 e. The van der Waals surface area contributed by atoms with Crippen molar-refractivity contribution in [1.82, 2.24) is 0 Å². The summed E-state index contributed by atoms with van der Waals surface area (Å²) in [5, 5.41) is 0. The lowest BCUT2D eigenvalue weighted by Crippen LogP contribution is -2.41. The van der Waals surface area contributed by atoms with Crippen molar-refractivity contribution in [3.05, 3.63) is 0 Å². The number of hydrogen-bond donors (Lipinski definition) is 0. The average molecular weight is 381 g/mol. The zero-order valence-corrected chi connectivity index (χ0v) is 18.0. The fourth-order valence-corrected chi connectivity index (χ4v) is 2.90. The van der Waals surface area contributed by atoms with Gasteiger partial charge in [-0.25, -0.2) is 0 Å². The predicted molar refractivity (Wildman–Crippen MR) is 110 cm³/mol. The lowest BCUT2D eigenvalue weighted by Gasteiger charge is -2.26. The summed E-state index contributed by atoms with van der Waals surface area (Å²) in [6.45, 7) is 8.54. The molecule has 0 aliphatic heterocycles. The lowest BCUT2D eigenvalue weighted by molar-refractivity contribution is -0.173. The van der Waals surface area contributed by atoms with Crippen molar-refractivity contribution in [2.24, 2.45) is 5.41 Å². The molecule has 0 aliphatic rings. The number of hydrogen-bond acceptors (Lipinski definition) is 4. The Morgan fingerprint density at radius 2 is 1.22 bits per heavy atom. The first-order valence-corrected chi connectivity index (χ1v) is 10.9. The van der Waals surface area contributed by atoms with Gasteiger partial charge in [0.25, 0.3) is 0 Å². The molecular formula is C23H40O4. The predicted octanol–water partition coefficient (Wildman–Crippen LogP) is 5.82. The highest BCUT2D eigenvalue weighted by molar-refractivity contribution is 5.99. The van der Waals surface area contributed by atoms with Crippen molar-refractivity contribution >= 4 is 11.9 Å². The Kier molecular flexibility index (Phi) is 15.7. The van der Waals surface area contributed by atoms with Gasteiger partial charge >= 0.3 is 11.9 Å². The number of ether oxygens (including phenoxy) is 2. The molecular weight excluding hydrogens is 340 g/mol. The zero-order chi connectivity index (χ0) is 20.4. The maximum atomic E-state index is 12.5. The molecule has 0 bridgehead atoms. The van der Waals surface area contributed by atoms with E-state index in [1.165, 1.54) is 12.8 Å². The Morgan fingerprint density at radius 3 is 1.74 bits per heavy atom. The van der Waals surface area contributed by atoms with Crippen LogP contribution < -0.4 is 0 Å². The molecule has 156 valence electrons. The average Bonchev–Trinajstić information content (AvgIpc) is 2.67. The van der Waals surface area contributed by atoms with Crippen LogP contribution in [0.3, 0.4) is 0 Å². The van der Waals surface area contributed by atoms with Gasteiger partial charge in [-0.1, -0.05) is 59.8 Å². The minimum atomic E-state index is -1.15. The summed E-state index contributed by atoms with van der Waals surface area (Å²) in [4.78, 5) is 24.9. The fraction of sp³-hybridized carbons (Fsp3) is 0.826. The van der Waals surface area contributed by atoms with Gasteiger partial charge in [0.15, 0.2) is 5.41 Å². The standard InChI is InChI=1S/C23H40O4/c1-5-9-11-12-13-14-15-16-17-18-20-27-22(25)23(7-3,8-4)21(24)26-19-10-6-2/h5-8,10,12-20H2,1-4H3. The molecule has 0 unspecified atom stereocenters. The van der Waals surface area contributed by atoms with Gasteiger partial charge < -0.3 is 9.47 Å². The van der Waals surface area contributed by atoms with E-state index in [2.05, 4.69) is 18.8 Å². The van der Waals surface area contributed by atoms with E-state index in [4.69, 9.17) is 9.47 Å². The van der Waals surface area contributed by atoms with E-state index in [1.807, 2.05) is 20.8 Å². The van der Waals surface area contributed by atoms with Crippen molar-refractivity contribution in [3.8, 4) is 11.8 Å². The molecule has 0 aromatic rings. The molecule has 27 heavy (non-hydrogen) atoms. The smallest absolute Gasteiger partial charge is 0.323 e. The highest BCUT2D eigenvalue weighted by atomic mass is 16.6. The van der Waals surface area contributed by atoms with E-state index in [9.17, 15) is 9.59 Å². The molecule has 0 saturated carbocycles. The third-order valence-corrected chi connectivity index (χ3v) is 4.95. The van der Waals surface area contributed by atoms with E-state index in [0.29, 0.717) is 26.1 Å². The molecule has 4 nitrogen and oxygen atoms in total. The van der Waals surface area contributed by atoms with Gasteiger partial charge in [-0.2, -0.15) is 0 Å². The molecule has 0 heterocycles. The van der Waals surface area contributed by atoms with Crippen LogP contribution in [0.2, 0.25) is 0 Å². The Morgan fingerprint density at radius 1 is 0.704 bits per heavy atom. The second-order valence-electron chi connectivity index (χ2n) is 6.99. The van der Waals surface area contributed by atoms with Crippen LogP contribution in [0.5, 0.6) is 0 Å². The van der Waals surface area contributed by atoms with Crippen molar-refractivity contribution in [2.45, 2.75) is 105 Å². The van der Waals surface area contributed by atoms with Crippen LogP contribution in [-0.4, -0.2) is 25.2 Å². The summed E-state index contributed by atoms with van der Waals surface area (Å²) in [5.74, 6) is 5.39. The fourth-order valence-electron chi connectivity index (χ4n) is 2.90. The summed E-state index contributed by atoms with van der Waals surface area (Å²) >= 11 is 0. The van der Waals surface area contributed by atoms with Crippen LogP contribution in [0, 0.1) is 17.3 Å². The Bertz CT molecular complexity index is 455. The van der Waals surface area contributed by atoms with Crippen molar-refractivity contribution < 1.29 is 19.1 Å². The van der Waals surface area contributed by atoms with Crippen LogP contribution >= 0.6 is 0 Å². The molecule has 4 heteroatoms. The first-order valence-electron chi connectivity index (χ1n) is 10.9. The van der Waals surface area contributed by atoms with Gasteiger partial charge in [-0.15, -0.1) is 11.8 Å². The number of esters is 2. The molecule has 0 aliphatic carbocycles. The second-order valence-corrected chi connectivity index (χ2v) is 6.99. The van der Waals surface area contributed by atoms with E-state index < -0.39 is 17.4 Å². The summed E-state index contributed by atoms with van der Waals surface area (Å²) in [6.07, 6.45) is 11.1. The molecule has 0 fully saturated rings. The molecule has 0 saturated heterocycles. The summed E-state index contributed by atoms with van der Waals surface area (Å²) < 4.78 is 10.7. The molecule has 0 atom stereocenters. The van der Waals surface area contributed by atoms with Gasteiger partial charge in [-0.3, -0.25) is 9.59 Å². The topological polar surface area (TPSA) is 52.6 Å². The summed E-state index contributed by atoms with van der Waals surface area (Å²) in [7, 11) is 0. The molecule has 0 amide bonds. The van der Waals surface area contributed by atoms with Crippen LogP contribution in [0.4, 0.5) is 0 Å². The van der Waals surface area contributed by atoms with E-state index in [1.54, 1.807) is 0 Å². The Balaban J connectivity index is 4.05. The second kappa shape index (κ2) is 16.7. The largest absolute Gasteiger partial charge is 0.465 e. The van der Waals surface area contributed by atoms with E-state index in [0.717, 1.165) is 51.4 Å². The highest BCUT2D eigenvalue weighted by Crippen LogP contribution is 2.30. The molecule has 0 rings (SSSR count). The van der Waals surface area contributed by atoms with Crippen LogP contribution in [0.15, 0.2) is 0 Å². The molecule has 0 N–H and O–H groups in total. The van der Waals surface area contributed by atoms with Gasteiger partial charge in [-0.05, 0) is 32.1 Å². The van der Waals surface area contributed by atoms with E-state index in [-0.39, 0.29) is 0 Å². The first kappa shape index (κ1) is 25.5. The Labute approximate surface area is 166 Å². The lowest BCUT2D eigenvalue weighted by atomic mass is 9.82. The first-order chi connectivity index (χ1) is 13.1. The number of unbranched alkanes of at least 4 members (excludes halogenated alkanes) is 7. The third-order valence-electron chi connectivity index (χ3n) is 4.95. The highest BCUT2D eigenvalue weighted by Gasteiger charge is 2.45. The Hall–Kier alpha value is -1.50. The van der Waals surface area contributed by atoms with Gasteiger partial charge in [0.05, 0.1) is 13.2 Å². The number of carbonyl (C=O) groups excluding carboxylic acids is 2. The van der Waals surface area contributed by atoms with Gasteiger partial charge in [0.1, 0.15) is 0 Å². The summed E-state index contributed by atoms with van der Waals surface area (Å²) in [5.41, 5.74) is -1.15. The molecule has 0 spiro atoms. The zero-order valence-electron chi connectivity index (χ0n) is 18.0. The minimum absolute atomic E-state index is 0.369. The van der Waals surface area contributed by atoms with Crippen molar-refractivity contribution in [3.63, 3.8) is 0 Å². The van der Waals surface area contributed by atoms with Crippen LogP contribution in [-0.2, 0) is 19.1 Å². The van der Waals surface area contributed by atoms with E-state index >= 15 is 0 Å². The SMILES string of the molecule is CCC#CCCCCCCCCOC(=O)C(CC)(CC)C(=O)OCCCC. The number of carbonyl (C=O) groups is 2. The maximum absolute atomic E-state index is 12.5. The van der Waals surface area contributed by atoms with Crippen LogP contribution in [0.25, 0.3) is 0 Å². The monoisotopic (exact) mass is 380 g/mol. The van der Waals surface area contributed by atoms with Crippen LogP contribution in [0.1, 0.15) is 105 Å². The van der Waals surface area contributed by atoms with Gasteiger partial charge in [0.2, 0.25) is 0 Å².